The number of hydrogen-bond donors (Lipinski definition) is 1. The van der Waals surface area contributed by atoms with Gasteiger partial charge in [-0.05, 0) is 35.4 Å². The van der Waals surface area contributed by atoms with Gasteiger partial charge in [0.25, 0.3) is 0 Å². The summed E-state index contributed by atoms with van der Waals surface area (Å²) in [7, 11) is 0. The molecule has 0 radical (unpaired) electrons. The van der Waals surface area contributed by atoms with Gasteiger partial charge in [0, 0.05) is 18.5 Å². The van der Waals surface area contributed by atoms with E-state index in [0.717, 1.165) is 11.1 Å². The Morgan fingerprint density at radius 3 is 2.19 bits per heavy atom. The molecule has 0 saturated carbocycles. The van der Waals surface area contributed by atoms with Gasteiger partial charge in [-0.15, -0.1) is 0 Å². The summed E-state index contributed by atoms with van der Waals surface area (Å²) in [4.78, 5) is 0. The molecule has 0 spiro atoms. The van der Waals surface area contributed by atoms with Crippen LogP contribution < -0.4 is 5.32 Å². The summed E-state index contributed by atoms with van der Waals surface area (Å²) < 4.78 is 31.4. The van der Waals surface area contributed by atoms with Crippen LogP contribution in [-0.4, -0.2) is 19.3 Å². The van der Waals surface area contributed by atoms with Crippen molar-refractivity contribution in [2.24, 2.45) is 0 Å². The van der Waals surface area contributed by atoms with Crippen molar-refractivity contribution in [3.05, 3.63) is 71.3 Å². The molecule has 0 aromatic heterocycles. The van der Waals surface area contributed by atoms with Gasteiger partial charge in [-0.2, -0.15) is 0 Å². The molecule has 1 heterocycles. The van der Waals surface area contributed by atoms with E-state index in [1.165, 1.54) is 24.3 Å². The van der Waals surface area contributed by atoms with Crippen molar-refractivity contribution in [2.45, 2.75) is 18.5 Å². The predicted octanol–water partition coefficient (Wildman–Crippen LogP) is 3.24. The van der Waals surface area contributed by atoms with E-state index in [2.05, 4.69) is 5.32 Å². The Hall–Kier alpha value is -1.78. The average Bonchev–Trinajstić information content (AvgIpc) is 2.96. The molecule has 3 rings (SSSR count). The van der Waals surface area contributed by atoms with Crippen molar-refractivity contribution < 1.29 is 13.5 Å². The fourth-order valence-electron chi connectivity index (χ4n) is 2.65. The summed E-state index contributed by atoms with van der Waals surface area (Å²) in [5, 5.41) is 3.44. The second-order valence-electron chi connectivity index (χ2n) is 5.31. The van der Waals surface area contributed by atoms with Crippen molar-refractivity contribution in [1.82, 2.24) is 5.32 Å². The van der Waals surface area contributed by atoms with Crippen LogP contribution in [0.25, 0.3) is 0 Å². The molecule has 2 nitrogen and oxygen atoms in total. The number of rotatable bonds is 4. The first-order valence-electron chi connectivity index (χ1n) is 7.03. The molecule has 0 bridgehead atoms. The van der Waals surface area contributed by atoms with E-state index in [-0.39, 0.29) is 23.6 Å². The SMILES string of the molecule is Fc1ccc(CN[C@@H]2COC[C@H]2c2ccc(F)cc2)cc1. The molecule has 0 amide bonds. The van der Waals surface area contributed by atoms with Crippen molar-refractivity contribution in [3.63, 3.8) is 0 Å². The number of nitrogens with one attached hydrogen (secondary N) is 1. The summed E-state index contributed by atoms with van der Waals surface area (Å²) >= 11 is 0. The highest BCUT2D eigenvalue weighted by Gasteiger charge is 2.29. The summed E-state index contributed by atoms with van der Waals surface area (Å²) in [6, 6.07) is 13.2. The van der Waals surface area contributed by atoms with E-state index in [1.54, 1.807) is 24.3 Å². The lowest BCUT2D eigenvalue weighted by Crippen LogP contribution is -2.33. The number of ether oxygens (including phenoxy) is 1. The summed E-state index contributed by atoms with van der Waals surface area (Å²) in [6.07, 6.45) is 0. The maximum Gasteiger partial charge on any atom is 0.123 e. The monoisotopic (exact) mass is 289 g/mol. The zero-order chi connectivity index (χ0) is 14.7. The van der Waals surface area contributed by atoms with Crippen LogP contribution in [0.2, 0.25) is 0 Å². The Bertz CT molecular complexity index is 583. The molecule has 0 aliphatic carbocycles. The van der Waals surface area contributed by atoms with Crippen LogP contribution in [-0.2, 0) is 11.3 Å². The third kappa shape index (κ3) is 3.46. The van der Waals surface area contributed by atoms with E-state index in [4.69, 9.17) is 4.74 Å². The molecule has 1 aliphatic rings. The number of hydrogen-bond acceptors (Lipinski definition) is 2. The van der Waals surface area contributed by atoms with Crippen LogP contribution >= 0.6 is 0 Å². The summed E-state index contributed by atoms with van der Waals surface area (Å²) in [5.41, 5.74) is 2.10. The predicted molar refractivity (Wildman–Crippen MR) is 77.0 cm³/mol. The zero-order valence-corrected chi connectivity index (χ0v) is 11.6. The van der Waals surface area contributed by atoms with E-state index >= 15 is 0 Å². The fourth-order valence-corrected chi connectivity index (χ4v) is 2.65. The Morgan fingerprint density at radius 1 is 0.905 bits per heavy atom. The Balaban J connectivity index is 1.64. The number of halogens is 2. The lowest BCUT2D eigenvalue weighted by Gasteiger charge is -2.19. The minimum atomic E-state index is -0.230. The van der Waals surface area contributed by atoms with Crippen LogP contribution in [0, 0.1) is 11.6 Å². The van der Waals surface area contributed by atoms with Crippen molar-refractivity contribution >= 4 is 0 Å². The van der Waals surface area contributed by atoms with Gasteiger partial charge in [0.15, 0.2) is 0 Å². The molecule has 21 heavy (non-hydrogen) atoms. The first kappa shape index (κ1) is 14.2. The molecule has 0 unspecified atom stereocenters. The fraction of sp³-hybridized carbons (Fsp3) is 0.294. The Morgan fingerprint density at radius 2 is 1.52 bits per heavy atom. The average molecular weight is 289 g/mol. The van der Waals surface area contributed by atoms with Crippen molar-refractivity contribution in [2.75, 3.05) is 13.2 Å². The number of benzene rings is 2. The maximum atomic E-state index is 13.0. The molecule has 2 aromatic carbocycles. The smallest absolute Gasteiger partial charge is 0.123 e. The Kier molecular flexibility index (Phi) is 4.27. The van der Waals surface area contributed by atoms with Crippen molar-refractivity contribution in [1.29, 1.82) is 0 Å². The van der Waals surface area contributed by atoms with Gasteiger partial charge in [-0.25, -0.2) is 8.78 Å². The van der Waals surface area contributed by atoms with Gasteiger partial charge in [-0.1, -0.05) is 24.3 Å². The minimum absolute atomic E-state index is 0.181. The second kappa shape index (κ2) is 6.33. The standard InChI is InChI=1S/C17H17F2NO/c18-14-5-1-12(2-6-14)9-20-17-11-21-10-16(17)13-3-7-15(19)8-4-13/h1-8,16-17,20H,9-11H2/t16-,17+/m0/s1. The highest BCUT2D eigenvalue weighted by molar-refractivity contribution is 5.24. The normalized spacial score (nSPS) is 21.6. The van der Waals surface area contributed by atoms with Crippen LogP contribution in [0.4, 0.5) is 8.78 Å². The second-order valence-corrected chi connectivity index (χ2v) is 5.31. The first-order valence-corrected chi connectivity index (χ1v) is 7.03. The molecular formula is C17H17F2NO. The van der Waals surface area contributed by atoms with Crippen molar-refractivity contribution in [3.8, 4) is 0 Å². The lowest BCUT2D eigenvalue weighted by molar-refractivity contribution is 0.187. The van der Waals surface area contributed by atoms with E-state index < -0.39 is 0 Å². The van der Waals surface area contributed by atoms with E-state index in [0.29, 0.717) is 19.8 Å². The quantitative estimate of drug-likeness (QED) is 0.933. The summed E-state index contributed by atoms with van der Waals surface area (Å²) in [6.45, 7) is 1.92. The third-order valence-electron chi connectivity index (χ3n) is 3.86. The molecule has 2 atom stereocenters. The molecule has 2 aromatic rings. The van der Waals surface area contributed by atoms with Crippen LogP contribution in [0.3, 0.4) is 0 Å². The highest BCUT2D eigenvalue weighted by Crippen LogP contribution is 2.26. The topological polar surface area (TPSA) is 21.3 Å². The summed E-state index contributed by atoms with van der Waals surface area (Å²) in [5.74, 6) is -0.244. The molecule has 4 heteroatoms. The highest BCUT2D eigenvalue weighted by atomic mass is 19.1. The van der Waals surface area contributed by atoms with Gasteiger partial charge < -0.3 is 10.1 Å². The van der Waals surface area contributed by atoms with Gasteiger partial charge in [0.05, 0.1) is 13.2 Å². The molecule has 1 saturated heterocycles. The minimum Gasteiger partial charge on any atom is -0.379 e. The molecule has 1 fully saturated rings. The largest absolute Gasteiger partial charge is 0.379 e. The van der Waals surface area contributed by atoms with E-state index in [1.807, 2.05) is 0 Å². The van der Waals surface area contributed by atoms with Gasteiger partial charge in [0.2, 0.25) is 0 Å². The zero-order valence-electron chi connectivity index (χ0n) is 11.6. The van der Waals surface area contributed by atoms with Gasteiger partial charge in [-0.3, -0.25) is 0 Å². The molecule has 1 N–H and O–H groups in total. The van der Waals surface area contributed by atoms with Gasteiger partial charge >= 0.3 is 0 Å². The molecule has 110 valence electrons. The Labute approximate surface area is 122 Å². The first-order chi connectivity index (χ1) is 10.2. The maximum absolute atomic E-state index is 13.0. The lowest BCUT2D eigenvalue weighted by atomic mass is 9.94. The third-order valence-corrected chi connectivity index (χ3v) is 3.86. The van der Waals surface area contributed by atoms with Crippen LogP contribution in [0.1, 0.15) is 17.0 Å². The van der Waals surface area contributed by atoms with E-state index in [9.17, 15) is 8.78 Å². The van der Waals surface area contributed by atoms with Crippen LogP contribution in [0.5, 0.6) is 0 Å². The molecule has 1 aliphatic heterocycles. The van der Waals surface area contributed by atoms with Crippen LogP contribution in [0.15, 0.2) is 48.5 Å². The van der Waals surface area contributed by atoms with Gasteiger partial charge in [0.1, 0.15) is 11.6 Å². The molecular weight excluding hydrogens is 272 g/mol.